The number of pyridine rings is 2. The molecule has 0 atom stereocenters. The van der Waals surface area contributed by atoms with Gasteiger partial charge < -0.3 is 24.8 Å². The molecule has 0 unspecified atom stereocenters. The lowest BCUT2D eigenvalue weighted by molar-refractivity contribution is 0.0517. The highest BCUT2D eigenvalue weighted by atomic mass is 16.6. The van der Waals surface area contributed by atoms with Crippen LogP contribution in [-0.4, -0.2) is 55.8 Å². The molecule has 10 nitrogen and oxygen atoms in total. The molecular weight excluding hydrogens is 504 g/mol. The van der Waals surface area contributed by atoms with E-state index in [9.17, 15) is 4.79 Å². The maximum absolute atomic E-state index is 12.0. The van der Waals surface area contributed by atoms with Crippen LogP contribution in [0.1, 0.15) is 65.3 Å². The van der Waals surface area contributed by atoms with Crippen LogP contribution in [-0.2, 0) is 4.74 Å². The summed E-state index contributed by atoms with van der Waals surface area (Å²) < 4.78 is 7.71. The Morgan fingerprint density at radius 1 is 1.00 bits per heavy atom. The van der Waals surface area contributed by atoms with E-state index in [2.05, 4.69) is 47.2 Å². The Kier molecular flexibility index (Phi) is 7.16. The summed E-state index contributed by atoms with van der Waals surface area (Å²) in [5.41, 5.74) is 2.69. The van der Waals surface area contributed by atoms with Crippen molar-refractivity contribution in [2.24, 2.45) is 5.92 Å². The third-order valence-electron chi connectivity index (χ3n) is 7.94. The number of carbonyl (C=O) groups excluding carboxylic acids is 1. The minimum Gasteiger partial charge on any atom is -0.444 e. The van der Waals surface area contributed by atoms with Crippen LogP contribution in [0.3, 0.4) is 0 Å². The zero-order valence-electron chi connectivity index (χ0n) is 23.6. The molecule has 4 aromatic heterocycles. The Morgan fingerprint density at radius 2 is 1.80 bits per heavy atom. The van der Waals surface area contributed by atoms with Crippen molar-refractivity contribution in [2.75, 3.05) is 29.9 Å². The second-order valence-corrected chi connectivity index (χ2v) is 12.0. The highest BCUT2D eigenvalue weighted by Crippen LogP contribution is 2.37. The number of aromatic nitrogens is 5. The molecule has 2 aliphatic rings. The summed E-state index contributed by atoms with van der Waals surface area (Å²) in [5.74, 6) is 1.70. The minimum atomic E-state index is -0.479. The molecule has 2 N–H and O–H groups in total. The average molecular weight is 543 g/mol. The molecule has 0 aromatic carbocycles. The smallest absolute Gasteiger partial charge is 0.407 e. The van der Waals surface area contributed by atoms with Crippen molar-refractivity contribution < 1.29 is 9.53 Å². The van der Waals surface area contributed by atoms with E-state index in [0.717, 1.165) is 53.6 Å². The molecule has 40 heavy (non-hydrogen) atoms. The second-order valence-electron chi connectivity index (χ2n) is 12.0. The fourth-order valence-corrected chi connectivity index (χ4v) is 5.96. The SMILES string of the molecule is CC(C)(C)OC(=O)NCC1CCN(c2ccc(Nc3ncc4c5ccncc5n(C5CCCC5)c4n3)nc2)CC1. The summed E-state index contributed by atoms with van der Waals surface area (Å²) in [7, 11) is 0. The van der Waals surface area contributed by atoms with Gasteiger partial charge in [0.25, 0.3) is 0 Å². The molecule has 1 amide bonds. The molecular formula is C30H38N8O2. The fourth-order valence-electron chi connectivity index (χ4n) is 5.96. The summed E-state index contributed by atoms with van der Waals surface area (Å²) in [6, 6.07) is 6.57. The molecule has 1 saturated carbocycles. The van der Waals surface area contributed by atoms with Gasteiger partial charge in [-0.3, -0.25) is 4.98 Å². The Labute approximate surface area is 234 Å². The minimum absolute atomic E-state index is 0.345. The van der Waals surface area contributed by atoms with Crippen LogP contribution >= 0.6 is 0 Å². The normalized spacial score (nSPS) is 17.0. The first kappa shape index (κ1) is 26.3. The van der Waals surface area contributed by atoms with Crippen LogP contribution < -0.4 is 15.5 Å². The van der Waals surface area contributed by atoms with Gasteiger partial charge in [-0.2, -0.15) is 4.98 Å². The van der Waals surface area contributed by atoms with E-state index in [0.29, 0.717) is 30.3 Å². The number of alkyl carbamates (subject to hydrolysis) is 1. The maximum Gasteiger partial charge on any atom is 0.407 e. The van der Waals surface area contributed by atoms with Crippen LogP contribution in [0.4, 0.5) is 22.2 Å². The van der Waals surface area contributed by atoms with Crippen LogP contribution in [0.5, 0.6) is 0 Å². The van der Waals surface area contributed by atoms with Crippen molar-refractivity contribution in [3.8, 4) is 0 Å². The number of amides is 1. The number of rotatable bonds is 6. The first-order chi connectivity index (χ1) is 19.3. The van der Waals surface area contributed by atoms with E-state index in [1.165, 1.54) is 25.7 Å². The Bertz CT molecular complexity index is 1480. The quantitative estimate of drug-likeness (QED) is 0.306. The van der Waals surface area contributed by atoms with Gasteiger partial charge in [0.05, 0.1) is 23.6 Å². The molecule has 1 aliphatic heterocycles. The number of fused-ring (bicyclic) bond motifs is 3. The Balaban J connectivity index is 1.10. The number of anilines is 3. The van der Waals surface area contributed by atoms with Gasteiger partial charge in [0.2, 0.25) is 5.95 Å². The van der Waals surface area contributed by atoms with Crippen LogP contribution in [0.15, 0.2) is 43.0 Å². The Morgan fingerprint density at radius 3 is 2.52 bits per heavy atom. The second kappa shape index (κ2) is 10.9. The lowest BCUT2D eigenvalue weighted by Gasteiger charge is -2.33. The third kappa shape index (κ3) is 5.66. The lowest BCUT2D eigenvalue weighted by Crippen LogP contribution is -2.40. The molecule has 2 fully saturated rings. The summed E-state index contributed by atoms with van der Waals surface area (Å²) in [6.45, 7) is 8.12. The van der Waals surface area contributed by atoms with E-state index in [4.69, 9.17) is 9.72 Å². The molecule has 0 spiro atoms. The highest BCUT2D eigenvalue weighted by Gasteiger charge is 2.24. The highest BCUT2D eigenvalue weighted by molar-refractivity contribution is 6.06. The largest absolute Gasteiger partial charge is 0.444 e. The average Bonchev–Trinajstić information content (AvgIpc) is 3.58. The van der Waals surface area contributed by atoms with E-state index >= 15 is 0 Å². The predicted molar refractivity (Wildman–Crippen MR) is 157 cm³/mol. The number of piperidine rings is 1. The van der Waals surface area contributed by atoms with Gasteiger partial charge in [-0.1, -0.05) is 12.8 Å². The predicted octanol–water partition coefficient (Wildman–Crippen LogP) is 5.97. The standard InChI is InChI=1S/C30H38N8O2/c1-30(2,3)40-29(39)34-16-20-11-14-37(15-12-20)22-8-9-26(32-17-22)35-28-33-18-24-23-10-13-31-19-25(23)38(27(24)36-28)21-6-4-5-7-21/h8-10,13,17-21H,4-7,11-12,14-16H2,1-3H3,(H,34,39)(H,32,33,35,36). The van der Waals surface area contributed by atoms with Crippen LogP contribution in [0.2, 0.25) is 0 Å². The first-order valence-corrected chi connectivity index (χ1v) is 14.4. The fraction of sp³-hybridized carbons (Fsp3) is 0.500. The zero-order chi connectivity index (χ0) is 27.7. The monoisotopic (exact) mass is 542 g/mol. The van der Waals surface area contributed by atoms with Gasteiger partial charge in [0.15, 0.2) is 0 Å². The number of hydrogen-bond acceptors (Lipinski definition) is 8. The summed E-state index contributed by atoms with van der Waals surface area (Å²) in [5, 5.41) is 8.43. The molecule has 0 radical (unpaired) electrons. The number of hydrogen-bond donors (Lipinski definition) is 2. The number of nitrogens with zero attached hydrogens (tertiary/aromatic N) is 6. The molecule has 10 heteroatoms. The van der Waals surface area contributed by atoms with Crippen molar-refractivity contribution in [3.63, 3.8) is 0 Å². The van der Waals surface area contributed by atoms with Crippen LogP contribution in [0.25, 0.3) is 21.9 Å². The third-order valence-corrected chi connectivity index (χ3v) is 7.94. The summed E-state index contributed by atoms with van der Waals surface area (Å²) >= 11 is 0. The molecule has 1 aliphatic carbocycles. The molecule has 1 saturated heterocycles. The van der Waals surface area contributed by atoms with Gasteiger partial charge in [-0.05, 0) is 70.6 Å². The van der Waals surface area contributed by atoms with Crippen molar-refractivity contribution >= 4 is 45.5 Å². The van der Waals surface area contributed by atoms with Crippen molar-refractivity contribution in [1.29, 1.82) is 0 Å². The van der Waals surface area contributed by atoms with Crippen molar-refractivity contribution in [3.05, 3.63) is 43.0 Å². The molecule has 5 heterocycles. The lowest BCUT2D eigenvalue weighted by atomic mass is 9.96. The molecule has 4 aromatic rings. The molecule has 210 valence electrons. The van der Waals surface area contributed by atoms with Crippen molar-refractivity contribution in [1.82, 2.24) is 29.8 Å². The van der Waals surface area contributed by atoms with E-state index in [-0.39, 0.29) is 6.09 Å². The van der Waals surface area contributed by atoms with Gasteiger partial charge >= 0.3 is 6.09 Å². The van der Waals surface area contributed by atoms with Crippen LogP contribution in [0, 0.1) is 5.92 Å². The van der Waals surface area contributed by atoms with E-state index in [1.807, 2.05) is 51.6 Å². The zero-order valence-corrected chi connectivity index (χ0v) is 23.6. The summed E-state index contributed by atoms with van der Waals surface area (Å²) in [6.07, 6.45) is 14.1. The first-order valence-electron chi connectivity index (χ1n) is 14.4. The van der Waals surface area contributed by atoms with Gasteiger partial charge in [0.1, 0.15) is 17.1 Å². The van der Waals surface area contributed by atoms with E-state index < -0.39 is 5.60 Å². The van der Waals surface area contributed by atoms with Gasteiger partial charge in [-0.15, -0.1) is 0 Å². The number of carbonyl (C=O) groups is 1. The topological polar surface area (TPSA) is 110 Å². The summed E-state index contributed by atoms with van der Waals surface area (Å²) in [4.78, 5) is 32.9. The van der Waals surface area contributed by atoms with Gasteiger partial charge in [0, 0.05) is 48.8 Å². The number of nitrogens with one attached hydrogen (secondary N) is 2. The molecule has 0 bridgehead atoms. The van der Waals surface area contributed by atoms with Crippen molar-refractivity contribution in [2.45, 2.75) is 70.9 Å². The maximum atomic E-state index is 12.0. The Hall–Kier alpha value is -3.95. The number of ether oxygens (including phenoxy) is 1. The van der Waals surface area contributed by atoms with Gasteiger partial charge in [-0.25, -0.2) is 14.8 Å². The molecule has 6 rings (SSSR count). The van der Waals surface area contributed by atoms with E-state index in [1.54, 1.807) is 0 Å².